The van der Waals surface area contributed by atoms with Gasteiger partial charge in [0.1, 0.15) is 11.5 Å². The molecule has 4 rings (SSSR count). The molecule has 0 unspecified atom stereocenters. The van der Waals surface area contributed by atoms with Crippen LogP contribution in [0.25, 0.3) is 17.4 Å². The second-order valence-corrected chi connectivity index (χ2v) is 9.16. The molecule has 1 aromatic heterocycles. The predicted octanol–water partition coefficient (Wildman–Crippen LogP) is 5.68. The summed E-state index contributed by atoms with van der Waals surface area (Å²) in [4.78, 5) is 37.2. The molecular formula is C26H22ClF3N4O5. The largest absolute Gasteiger partial charge is 0.471 e. The number of rotatable bonds is 6. The Morgan fingerprint density at radius 3 is 2.44 bits per heavy atom. The van der Waals surface area contributed by atoms with Crippen LogP contribution in [-0.4, -0.2) is 54.0 Å². The van der Waals surface area contributed by atoms with Crippen LogP contribution in [0.2, 0.25) is 5.02 Å². The summed E-state index contributed by atoms with van der Waals surface area (Å²) in [6, 6.07) is 12.5. The number of non-ortho nitro benzene ring substituents is 1. The number of piperazine rings is 1. The van der Waals surface area contributed by atoms with Gasteiger partial charge in [-0.3, -0.25) is 19.7 Å². The first-order valence-corrected chi connectivity index (χ1v) is 12.0. The van der Waals surface area contributed by atoms with Gasteiger partial charge in [-0.25, -0.2) is 0 Å². The molecule has 204 valence electrons. The maximum atomic E-state index is 12.7. The third-order valence-corrected chi connectivity index (χ3v) is 6.31. The normalized spacial score (nSPS) is 14.1. The summed E-state index contributed by atoms with van der Waals surface area (Å²) in [5, 5.41) is 14.0. The molecule has 39 heavy (non-hydrogen) atoms. The van der Waals surface area contributed by atoms with E-state index in [1.54, 1.807) is 42.2 Å². The molecular weight excluding hydrogens is 541 g/mol. The zero-order chi connectivity index (χ0) is 28.3. The number of hydrogen-bond donors (Lipinski definition) is 1. The number of carbonyl (C=O) groups is 2. The van der Waals surface area contributed by atoms with Crippen molar-refractivity contribution in [3.63, 3.8) is 0 Å². The lowest BCUT2D eigenvalue weighted by atomic mass is 10.1. The van der Waals surface area contributed by atoms with Crippen molar-refractivity contribution in [3.05, 3.63) is 81.1 Å². The number of nitrogens with zero attached hydrogens (tertiary/aromatic N) is 3. The standard InChI is InChI=1S/C26H22ClF3N4O5/c1-16-14-18(34(37)38)3-6-20(16)23-8-4-19(39-23)5-9-24(35)31-21-15-17(27)2-7-22(21)32-10-12-33(13-11-32)25(36)26(28,29)30/h2-9,14-15H,10-13H2,1H3,(H,31,35)/b9-5+. The number of nitro benzene ring substituents is 1. The fourth-order valence-corrected chi connectivity index (χ4v) is 4.34. The summed E-state index contributed by atoms with van der Waals surface area (Å²) in [7, 11) is 0. The van der Waals surface area contributed by atoms with E-state index < -0.39 is 22.9 Å². The molecule has 0 aliphatic carbocycles. The van der Waals surface area contributed by atoms with Crippen molar-refractivity contribution in [3.8, 4) is 11.3 Å². The first kappa shape index (κ1) is 27.7. The van der Waals surface area contributed by atoms with Crippen LogP contribution in [0.1, 0.15) is 11.3 Å². The van der Waals surface area contributed by atoms with Gasteiger partial charge in [0.25, 0.3) is 5.69 Å². The van der Waals surface area contributed by atoms with E-state index in [1.165, 1.54) is 30.4 Å². The second-order valence-electron chi connectivity index (χ2n) is 8.72. The lowest BCUT2D eigenvalue weighted by Crippen LogP contribution is -2.52. The fourth-order valence-electron chi connectivity index (χ4n) is 4.17. The molecule has 2 heterocycles. The Hall–Kier alpha value is -4.32. The number of benzene rings is 2. The van der Waals surface area contributed by atoms with Gasteiger partial charge in [-0.2, -0.15) is 13.2 Å². The monoisotopic (exact) mass is 562 g/mol. The Balaban J connectivity index is 1.43. The molecule has 0 spiro atoms. The van der Waals surface area contributed by atoms with E-state index >= 15 is 0 Å². The number of furan rings is 1. The van der Waals surface area contributed by atoms with E-state index in [0.717, 1.165) is 4.90 Å². The van der Waals surface area contributed by atoms with E-state index in [1.807, 2.05) is 0 Å². The Labute approximate surface area is 225 Å². The van der Waals surface area contributed by atoms with Crippen LogP contribution in [0.4, 0.5) is 30.2 Å². The van der Waals surface area contributed by atoms with Crippen molar-refractivity contribution in [2.24, 2.45) is 0 Å². The van der Waals surface area contributed by atoms with Crippen LogP contribution in [0.15, 0.2) is 59.0 Å². The van der Waals surface area contributed by atoms with Gasteiger partial charge in [-0.15, -0.1) is 0 Å². The van der Waals surface area contributed by atoms with E-state index in [2.05, 4.69) is 5.32 Å². The smallest absolute Gasteiger partial charge is 0.457 e. The van der Waals surface area contributed by atoms with Gasteiger partial charge in [-0.1, -0.05) is 11.6 Å². The molecule has 2 aromatic carbocycles. The van der Waals surface area contributed by atoms with Crippen LogP contribution in [0.3, 0.4) is 0 Å². The summed E-state index contributed by atoms with van der Waals surface area (Å²) >= 11 is 6.11. The molecule has 2 amide bonds. The lowest BCUT2D eigenvalue weighted by molar-refractivity contribution is -0.384. The van der Waals surface area contributed by atoms with Crippen LogP contribution in [0.5, 0.6) is 0 Å². The Morgan fingerprint density at radius 2 is 1.79 bits per heavy atom. The molecule has 1 aliphatic rings. The van der Waals surface area contributed by atoms with Gasteiger partial charge in [0, 0.05) is 55.0 Å². The predicted molar refractivity (Wildman–Crippen MR) is 139 cm³/mol. The lowest BCUT2D eigenvalue weighted by Gasteiger charge is -2.37. The highest BCUT2D eigenvalue weighted by atomic mass is 35.5. The van der Waals surface area contributed by atoms with E-state index in [9.17, 15) is 32.9 Å². The number of carbonyl (C=O) groups excluding carboxylic acids is 2. The highest BCUT2D eigenvalue weighted by molar-refractivity contribution is 6.31. The van der Waals surface area contributed by atoms with Crippen molar-refractivity contribution < 1.29 is 32.1 Å². The quantitative estimate of drug-likeness (QED) is 0.235. The number of anilines is 2. The number of halogens is 4. The minimum Gasteiger partial charge on any atom is -0.457 e. The molecule has 1 N–H and O–H groups in total. The maximum Gasteiger partial charge on any atom is 0.471 e. The first-order valence-electron chi connectivity index (χ1n) is 11.7. The van der Waals surface area contributed by atoms with Gasteiger partial charge in [0.2, 0.25) is 5.91 Å². The number of amides is 2. The topological polar surface area (TPSA) is 109 Å². The van der Waals surface area contributed by atoms with Crippen LogP contribution < -0.4 is 10.2 Å². The zero-order valence-electron chi connectivity index (χ0n) is 20.5. The summed E-state index contributed by atoms with van der Waals surface area (Å²) in [5.74, 6) is -1.53. The Bertz CT molecular complexity index is 1450. The van der Waals surface area contributed by atoms with Crippen LogP contribution >= 0.6 is 11.6 Å². The average Bonchev–Trinajstić information content (AvgIpc) is 3.35. The van der Waals surface area contributed by atoms with Crippen LogP contribution in [-0.2, 0) is 9.59 Å². The summed E-state index contributed by atoms with van der Waals surface area (Å²) in [6.07, 6.45) is -2.23. The van der Waals surface area contributed by atoms with E-state index in [-0.39, 0.29) is 31.9 Å². The Kier molecular flexibility index (Phi) is 7.95. The number of nitro groups is 1. The third-order valence-electron chi connectivity index (χ3n) is 6.08. The molecule has 3 aromatic rings. The molecule has 0 bridgehead atoms. The van der Waals surface area contributed by atoms with Gasteiger partial charge >= 0.3 is 12.1 Å². The molecule has 1 saturated heterocycles. The molecule has 1 aliphatic heterocycles. The number of hydrogen-bond acceptors (Lipinski definition) is 6. The van der Waals surface area contributed by atoms with Crippen molar-refractivity contribution in [1.82, 2.24) is 4.90 Å². The summed E-state index contributed by atoms with van der Waals surface area (Å²) in [5.41, 5.74) is 2.20. The van der Waals surface area contributed by atoms with Crippen molar-refractivity contribution in [2.45, 2.75) is 13.1 Å². The SMILES string of the molecule is Cc1cc([N+](=O)[O-])ccc1-c1ccc(/C=C/C(=O)Nc2cc(Cl)ccc2N2CCN(C(=O)C(F)(F)F)CC2)o1. The van der Waals surface area contributed by atoms with E-state index in [0.29, 0.717) is 39.0 Å². The fraction of sp³-hybridized carbons (Fsp3) is 0.231. The van der Waals surface area contributed by atoms with Crippen LogP contribution in [0, 0.1) is 17.0 Å². The molecule has 0 saturated carbocycles. The molecule has 13 heteroatoms. The average molecular weight is 563 g/mol. The van der Waals surface area contributed by atoms with Gasteiger partial charge in [0.15, 0.2) is 0 Å². The second kappa shape index (κ2) is 11.2. The third kappa shape index (κ3) is 6.58. The minimum absolute atomic E-state index is 0.0309. The summed E-state index contributed by atoms with van der Waals surface area (Å²) in [6.45, 7) is 1.76. The number of aryl methyl sites for hydroxylation is 1. The van der Waals surface area contributed by atoms with Crippen molar-refractivity contribution in [1.29, 1.82) is 0 Å². The minimum atomic E-state index is -4.93. The van der Waals surface area contributed by atoms with Gasteiger partial charge in [-0.05, 0) is 55.0 Å². The molecule has 0 atom stereocenters. The number of nitrogens with one attached hydrogen (secondary N) is 1. The number of alkyl halides is 3. The van der Waals surface area contributed by atoms with E-state index in [4.69, 9.17) is 16.0 Å². The van der Waals surface area contributed by atoms with Crippen molar-refractivity contribution in [2.75, 3.05) is 36.4 Å². The molecule has 1 fully saturated rings. The summed E-state index contributed by atoms with van der Waals surface area (Å²) < 4.78 is 44.0. The molecule has 9 nitrogen and oxygen atoms in total. The van der Waals surface area contributed by atoms with Gasteiger partial charge < -0.3 is 19.5 Å². The van der Waals surface area contributed by atoms with Crippen molar-refractivity contribution >= 4 is 46.6 Å². The highest BCUT2D eigenvalue weighted by Crippen LogP contribution is 2.31. The van der Waals surface area contributed by atoms with Gasteiger partial charge in [0.05, 0.1) is 16.3 Å². The Morgan fingerprint density at radius 1 is 1.08 bits per heavy atom. The highest BCUT2D eigenvalue weighted by Gasteiger charge is 2.43. The zero-order valence-corrected chi connectivity index (χ0v) is 21.3. The maximum absolute atomic E-state index is 12.7. The first-order chi connectivity index (χ1) is 18.4. The molecule has 0 radical (unpaired) electrons.